The average molecular weight is 415 g/mol. The van der Waals surface area contributed by atoms with Gasteiger partial charge in [0.2, 0.25) is 0 Å². The van der Waals surface area contributed by atoms with Crippen molar-refractivity contribution in [2.45, 2.75) is 92.9 Å². The lowest BCUT2D eigenvalue weighted by molar-refractivity contribution is 0.243. The first-order valence-corrected chi connectivity index (χ1v) is 12.2. The lowest BCUT2D eigenvalue weighted by Gasteiger charge is -2.15. The number of hydrogen-bond donors (Lipinski definition) is 0. The van der Waals surface area contributed by atoms with E-state index in [1.807, 2.05) is 18.2 Å². The lowest BCUT2D eigenvalue weighted by Crippen LogP contribution is -2.05. The molecule has 0 aliphatic rings. The van der Waals surface area contributed by atoms with Gasteiger partial charge in [-0.25, -0.2) is 0 Å². The van der Waals surface area contributed by atoms with Crippen molar-refractivity contribution in [3.05, 3.63) is 36.4 Å². The minimum absolute atomic E-state index is 0.442. The Kier molecular flexibility index (Phi) is 13.6. The summed E-state index contributed by atoms with van der Waals surface area (Å²) in [6.07, 6.45) is 9.86. The van der Waals surface area contributed by atoms with Crippen molar-refractivity contribution in [1.82, 2.24) is 0 Å². The molecule has 0 saturated heterocycles. The Morgan fingerprint density at radius 1 is 0.833 bits per heavy atom. The Morgan fingerprint density at radius 2 is 1.40 bits per heavy atom. The lowest BCUT2D eigenvalue weighted by atomic mass is 9.98. The van der Waals surface area contributed by atoms with Gasteiger partial charge in [0.25, 0.3) is 0 Å². The van der Waals surface area contributed by atoms with Crippen LogP contribution in [0.5, 0.6) is 5.75 Å². The molecule has 0 amide bonds. The smallest absolute Gasteiger partial charge is 0.127 e. The molecule has 0 N–H and O–H groups in total. The molecule has 1 aromatic carbocycles. The zero-order valence-electron chi connectivity index (χ0n) is 20.5. The third-order valence-corrected chi connectivity index (χ3v) is 5.74. The summed E-state index contributed by atoms with van der Waals surface area (Å²) in [5.74, 6) is 4.22. The number of ether oxygens (including phenoxy) is 2. The van der Waals surface area contributed by atoms with Crippen LogP contribution in [0.4, 0.5) is 0 Å². The zero-order chi connectivity index (χ0) is 22.4. The summed E-state index contributed by atoms with van der Waals surface area (Å²) in [4.78, 5) is 0. The summed E-state index contributed by atoms with van der Waals surface area (Å²) in [6.45, 7) is 21.3. The Labute approximate surface area is 187 Å². The summed E-state index contributed by atoms with van der Waals surface area (Å²) in [7, 11) is 0. The van der Waals surface area contributed by atoms with Crippen LogP contribution in [0.3, 0.4) is 0 Å². The van der Waals surface area contributed by atoms with E-state index in [-0.39, 0.29) is 0 Å². The molecule has 0 spiro atoms. The second kappa shape index (κ2) is 15.4. The molecular formula is C28H46O2. The van der Waals surface area contributed by atoms with Gasteiger partial charge in [0.05, 0.1) is 13.2 Å². The van der Waals surface area contributed by atoms with E-state index in [0.717, 1.165) is 42.6 Å². The van der Waals surface area contributed by atoms with E-state index < -0.39 is 0 Å². The fourth-order valence-corrected chi connectivity index (χ4v) is 3.54. The Morgan fingerprint density at radius 3 is 1.97 bits per heavy atom. The molecular weight excluding hydrogens is 368 g/mol. The fourth-order valence-electron chi connectivity index (χ4n) is 3.54. The molecule has 2 heteroatoms. The largest absolute Gasteiger partial charge is 0.494 e. The van der Waals surface area contributed by atoms with E-state index in [2.05, 4.69) is 47.6 Å². The van der Waals surface area contributed by atoms with Gasteiger partial charge >= 0.3 is 0 Å². The standard InChI is InChI=1S/C28H46O2/c1-22(2)11-8-13-24(5)17-19-29-26(7)27-15-10-16-28(21-27)30-20-18-25(6)14-9-12-23(3)4/h7,10,16,21-25H,8-9,11-14,17-20H2,1-6H3. The van der Waals surface area contributed by atoms with Gasteiger partial charge in [-0.05, 0) is 67.4 Å². The van der Waals surface area contributed by atoms with Crippen LogP contribution in [0, 0.1) is 36.3 Å². The highest BCUT2D eigenvalue weighted by Crippen LogP contribution is 2.22. The maximum absolute atomic E-state index is 6.15. The molecule has 0 aliphatic heterocycles. The molecule has 0 aliphatic carbocycles. The summed E-state index contributed by atoms with van der Waals surface area (Å²) in [6, 6.07) is 8.90. The monoisotopic (exact) mass is 414 g/mol. The predicted molar refractivity (Wildman–Crippen MR) is 129 cm³/mol. The van der Waals surface area contributed by atoms with Crippen molar-refractivity contribution in [2.24, 2.45) is 23.7 Å². The maximum Gasteiger partial charge on any atom is 0.127 e. The molecule has 0 heterocycles. The second-order valence-corrected chi connectivity index (χ2v) is 9.94. The molecule has 0 aromatic heterocycles. The van der Waals surface area contributed by atoms with Crippen molar-refractivity contribution in [1.29, 1.82) is 0 Å². The molecule has 2 unspecified atom stereocenters. The normalized spacial score (nSPS) is 13.5. The molecule has 1 rings (SSSR count). The van der Waals surface area contributed by atoms with Crippen LogP contribution >= 0.6 is 0 Å². The van der Waals surface area contributed by atoms with Gasteiger partial charge in [0, 0.05) is 5.56 Å². The van der Waals surface area contributed by atoms with Crippen LogP contribution in [-0.2, 0) is 4.74 Å². The van der Waals surface area contributed by atoms with E-state index in [9.17, 15) is 0 Å². The average Bonchev–Trinajstić information content (AvgIpc) is 2.67. The topological polar surface area (TPSA) is 18.5 Å². The highest BCUT2D eigenvalue weighted by molar-refractivity contribution is 5.57. The summed E-state index contributed by atoms with van der Waals surface area (Å²) in [5.41, 5.74) is 0.782. The minimum Gasteiger partial charge on any atom is -0.494 e. The zero-order valence-corrected chi connectivity index (χ0v) is 20.5. The maximum atomic E-state index is 6.15. The summed E-state index contributed by atoms with van der Waals surface area (Å²) < 4.78 is 11.8. The first kappa shape index (κ1) is 26.6. The molecule has 1 aromatic rings. The second-order valence-electron chi connectivity index (χ2n) is 9.94. The van der Waals surface area contributed by atoms with Gasteiger partial charge in [-0.1, -0.05) is 80.1 Å². The SMILES string of the molecule is [CH]=C(OCCC(C)CCCC(C)C)c1[c]ccc(OCCC(C)CCCC(C)C)c1. The van der Waals surface area contributed by atoms with Crippen molar-refractivity contribution >= 4 is 5.76 Å². The van der Waals surface area contributed by atoms with Gasteiger partial charge in [0.15, 0.2) is 0 Å². The molecule has 170 valence electrons. The number of hydrogen-bond acceptors (Lipinski definition) is 2. The van der Waals surface area contributed by atoms with E-state index in [1.54, 1.807) is 0 Å². The summed E-state index contributed by atoms with van der Waals surface area (Å²) >= 11 is 0. The molecule has 2 nitrogen and oxygen atoms in total. The van der Waals surface area contributed by atoms with Crippen molar-refractivity contribution in [2.75, 3.05) is 13.2 Å². The number of benzene rings is 1. The van der Waals surface area contributed by atoms with E-state index >= 15 is 0 Å². The van der Waals surface area contributed by atoms with Crippen LogP contribution in [0.15, 0.2) is 18.2 Å². The van der Waals surface area contributed by atoms with Crippen LogP contribution in [0.25, 0.3) is 5.76 Å². The molecule has 0 saturated carbocycles. The number of rotatable bonds is 17. The Bertz CT molecular complexity index is 576. The van der Waals surface area contributed by atoms with E-state index in [1.165, 1.54) is 38.5 Å². The first-order valence-electron chi connectivity index (χ1n) is 12.2. The third kappa shape index (κ3) is 13.0. The van der Waals surface area contributed by atoms with Crippen LogP contribution in [-0.4, -0.2) is 13.2 Å². The predicted octanol–water partition coefficient (Wildman–Crippen LogP) is 8.36. The van der Waals surface area contributed by atoms with Crippen molar-refractivity contribution in [3.8, 4) is 5.75 Å². The molecule has 0 bridgehead atoms. The quantitative estimate of drug-likeness (QED) is 0.238. The van der Waals surface area contributed by atoms with Gasteiger partial charge < -0.3 is 9.47 Å². The van der Waals surface area contributed by atoms with Gasteiger partial charge in [-0.2, -0.15) is 0 Å². The molecule has 30 heavy (non-hydrogen) atoms. The van der Waals surface area contributed by atoms with Crippen molar-refractivity contribution < 1.29 is 9.47 Å². The highest BCUT2D eigenvalue weighted by Gasteiger charge is 2.08. The van der Waals surface area contributed by atoms with Crippen molar-refractivity contribution in [3.63, 3.8) is 0 Å². The molecule has 0 fully saturated rings. The molecule has 2 radical (unpaired) electrons. The van der Waals surface area contributed by atoms with Gasteiger partial charge in [0.1, 0.15) is 11.5 Å². The highest BCUT2D eigenvalue weighted by atomic mass is 16.5. The van der Waals surface area contributed by atoms with E-state index in [0.29, 0.717) is 24.2 Å². The fraction of sp³-hybridized carbons (Fsp3) is 0.714. The van der Waals surface area contributed by atoms with Crippen LogP contribution in [0.2, 0.25) is 0 Å². The van der Waals surface area contributed by atoms with E-state index in [4.69, 9.17) is 16.1 Å². The third-order valence-electron chi connectivity index (χ3n) is 5.74. The minimum atomic E-state index is 0.442. The van der Waals surface area contributed by atoms with Crippen LogP contribution < -0.4 is 4.74 Å². The summed E-state index contributed by atoms with van der Waals surface area (Å²) in [5, 5.41) is 0. The Hall–Kier alpha value is -1.44. The van der Waals surface area contributed by atoms with Gasteiger partial charge in [-0.3, -0.25) is 0 Å². The van der Waals surface area contributed by atoms with Gasteiger partial charge in [-0.15, -0.1) is 0 Å². The molecule has 2 atom stereocenters. The van der Waals surface area contributed by atoms with Crippen LogP contribution in [0.1, 0.15) is 98.5 Å². The first-order chi connectivity index (χ1) is 14.3. The Balaban J connectivity index is 2.29.